The van der Waals surface area contributed by atoms with Crippen molar-refractivity contribution in [3.8, 4) is 0 Å². The summed E-state index contributed by atoms with van der Waals surface area (Å²) in [5.74, 6) is -1.75. The highest BCUT2D eigenvalue weighted by Crippen LogP contribution is 2.14. The molecule has 0 saturated heterocycles. The summed E-state index contributed by atoms with van der Waals surface area (Å²) in [6.07, 6.45) is -0.861. The molecule has 1 amide bonds. The van der Waals surface area contributed by atoms with Gasteiger partial charge in [-0.05, 0) is 23.3 Å². The monoisotopic (exact) mass is 303 g/mol. The second-order valence-electron chi connectivity index (χ2n) is 4.53. The lowest BCUT2D eigenvalue weighted by Gasteiger charge is -2.15. The number of alkyl carbamates (subject to hydrolysis) is 1. The summed E-state index contributed by atoms with van der Waals surface area (Å²) in [4.78, 5) is 22.9. The van der Waals surface area contributed by atoms with Gasteiger partial charge in [0, 0.05) is 0 Å². The zero-order valence-corrected chi connectivity index (χ0v) is 11.5. The third-order valence-electron chi connectivity index (χ3n) is 2.93. The molecule has 0 spiro atoms. The molecule has 2 rings (SSSR count). The number of aliphatic carboxylic acids is 1. The van der Waals surface area contributed by atoms with Crippen LogP contribution in [-0.4, -0.2) is 17.2 Å². The molecule has 0 aromatic heterocycles. The number of hydrogen-bond donors (Lipinski definition) is 2. The van der Waals surface area contributed by atoms with Gasteiger partial charge in [0.25, 0.3) is 0 Å². The summed E-state index contributed by atoms with van der Waals surface area (Å²) in [6, 6.07) is 12.5. The van der Waals surface area contributed by atoms with E-state index in [1.807, 2.05) is 6.07 Å². The number of benzene rings is 2. The Balaban J connectivity index is 1.97. The van der Waals surface area contributed by atoms with Gasteiger partial charge in [-0.3, -0.25) is 0 Å². The van der Waals surface area contributed by atoms with Gasteiger partial charge in [-0.1, -0.05) is 42.5 Å². The van der Waals surface area contributed by atoms with Crippen molar-refractivity contribution in [1.29, 1.82) is 0 Å². The zero-order chi connectivity index (χ0) is 15.9. The molecule has 0 radical (unpaired) electrons. The Labute approximate surface area is 126 Å². The first-order chi connectivity index (χ1) is 10.6. The molecule has 0 saturated carbocycles. The van der Waals surface area contributed by atoms with Crippen LogP contribution >= 0.6 is 0 Å². The van der Waals surface area contributed by atoms with E-state index in [1.54, 1.807) is 24.3 Å². The van der Waals surface area contributed by atoms with Gasteiger partial charge in [0.15, 0.2) is 6.04 Å². The molecule has 0 aliphatic heterocycles. The van der Waals surface area contributed by atoms with Crippen LogP contribution in [-0.2, 0) is 16.1 Å². The van der Waals surface area contributed by atoms with Crippen molar-refractivity contribution in [3.63, 3.8) is 0 Å². The standard InChI is InChI=1S/C16H14FNO4/c17-13-8-6-12(7-9-13)14(15(19)20)18-16(21)22-10-11-4-2-1-3-5-11/h1-9,14H,10H2,(H,18,21)(H,19,20). The molecule has 0 bridgehead atoms. The molecule has 0 fully saturated rings. The number of rotatable bonds is 5. The van der Waals surface area contributed by atoms with Gasteiger partial charge in [-0.15, -0.1) is 0 Å². The van der Waals surface area contributed by atoms with E-state index in [9.17, 15) is 14.0 Å². The van der Waals surface area contributed by atoms with Crippen LogP contribution in [0.1, 0.15) is 17.2 Å². The number of amides is 1. The Kier molecular flexibility index (Phi) is 5.08. The van der Waals surface area contributed by atoms with Crippen molar-refractivity contribution >= 4 is 12.1 Å². The minimum absolute atomic E-state index is 0.0302. The highest BCUT2D eigenvalue weighted by atomic mass is 19.1. The van der Waals surface area contributed by atoms with E-state index in [1.165, 1.54) is 12.1 Å². The molecule has 2 aromatic rings. The molecule has 1 atom stereocenters. The molecule has 0 aliphatic rings. The molecule has 2 N–H and O–H groups in total. The van der Waals surface area contributed by atoms with Crippen molar-refractivity contribution in [2.75, 3.05) is 0 Å². The number of carboxylic acids is 1. The Bertz CT molecular complexity index is 643. The first kappa shape index (κ1) is 15.5. The fourth-order valence-corrected chi connectivity index (χ4v) is 1.83. The Morgan fingerprint density at radius 3 is 2.32 bits per heavy atom. The average Bonchev–Trinajstić information content (AvgIpc) is 2.52. The quantitative estimate of drug-likeness (QED) is 0.890. The summed E-state index contributed by atoms with van der Waals surface area (Å²) in [7, 11) is 0. The lowest BCUT2D eigenvalue weighted by atomic mass is 10.1. The van der Waals surface area contributed by atoms with Gasteiger partial charge in [0.1, 0.15) is 12.4 Å². The third-order valence-corrected chi connectivity index (χ3v) is 2.93. The van der Waals surface area contributed by atoms with Crippen LogP contribution in [0.15, 0.2) is 54.6 Å². The van der Waals surface area contributed by atoms with E-state index in [0.717, 1.165) is 17.7 Å². The van der Waals surface area contributed by atoms with Crippen molar-refractivity contribution in [3.05, 3.63) is 71.5 Å². The van der Waals surface area contributed by atoms with Gasteiger partial charge in [-0.2, -0.15) is 0 Å². The molecule has 5 nitrogen and oxygen atoms in total. The predicted molar refractivity (Wildman–Crippen MR) is 76.5 cm³/mol. The fourth-order valence-electron chi connectivity index (χ4n) is 1.83. The number of carbonyl (C=O) groups excluding carboxylic acids is 1. The van der Waals surface area contributed by atoms with Crippen molar-refractivity contribution in [1.82, 2.24) is 5.32 Å². The number of nitrogens with one attached hydrogen (secondary N) is 1. The van der Waals surface area contributed by atoms with Gasteiger partial charge in [0.2, 0.25) is 0 Å². The van der Waals surface area contributed by atoms with E-state index < -0.39 is 23.9 Å². The maximum atomic E-state index is 12.9. The molecular weight excluding hydrogens is 289 g/mol. The first-order valence-electron chi connectivity index (χ1n) is 6.52. The Morgan fingerprint density at radius 1 is 1.09 bits per heavy atom. The number of hydrogen-bond acceptors (Lipinski definition) is 3. The molecule has 0 aliphatic carbocycles. The van der Waals surface area contributed by atoms with Crippen LogP contribution in [0, 0.1) is 5.82 Å². The second kappa shape index (κ2) is 7.21. The first-order valence-corrected chi connectivity index (χ1v) is 6.52. The molecule has 22 heavy (non-hydrogen) atoms. The summed E-state index contributed by atoms with van der Waals surface area (Å²) >= 11 is 0. The van der Waals surface area contributed by atoms with E-state index >= 15 is 0 Å². The van der Waals surface area contributed by atoms with Crippen LogP contribution in [0.5, 0.6) is 0 Å². The van der Waals surface area contributed by atoms with E-state index in [-0.39, 0.29) is 12.2 Å². The van der Waals surface area contributed by atoms with Crippen LogP contribution in [0.3, 0.4) is 0 Å². The summed E-state index contributed by atoms with van der Waals surface area (Å²) in [5, 5.41) is 11.4. The van der Waals surface area contributed by atoms with Gasteiger partial charge in [-0.25, -0.2) is 14.0 Å². The number of carboxylic acid groups (broad SMARTS) is 1. The molecule has 1 unspecified atom stereocenters. The highest BCUT2D eigenvalue weighted by molar-refractivity contribution is 5.81. The van der Waals surface area contributed by atoms with Crippen LogP contribution in [0.2, 0.25) is 0 Å². The highest BCUT2D eigenvalue weighted by Gasteiger charge is 2.22. The maximum Gasteiger partial charge on any atom is 0.408 e. The van der Waals surface area contributed by atoms with Gasteiger partial charge < -0.3 is 15.2 Å². The third kappa shape index (κ3) is 4.31. The minimum atomic E-state index is -1.30. The molecule has 114 valence electrons. The summed E-state index contributed by atoms with van der Waals surface area (Å²) in [5.41, 5.74) is 1.04. The number of halogens is 1. The largest absolute Gasteiger partial charge is 0.479 e. The van der Waals surface area contributed by atoms with Crippen LogP contribution in [0.25, 0.3) is 0 Å². The lowest BCUT2D eigenvalue weighted by Crippen LogP contribution is -2.34. The van der Waals surface area contributed by atoms with Gasteiger partial charge >= 0.3 is 12.1 Å². The molecule has 2 aromatic carbocycles. The fraction of sp³-hybridized carbons (Fsp3) is 0.125. The zero-order valence-electron chi connectivity index (χ0n) is 11.5. The number of carbonyl (C=O) groups is 2. The van der Waals surface area contributed by atoms with Crippen molar-refractivity contribution < 1.29 is 23.8 Å². The van der Waals surface area contributed by atoms with E-state index in [0.29, 0.717) is 0 Å². The van der Waals surface area contributed by atoms with Crippen molar-refractivity contribution in [2.24, 2.45) is 0 Å². The maximum absolute atomic E-state index is 12.9. The molecular formula is C16H14FNO4. The average molecular weight is 303 g/mol. The Morgan fingerprint density at radius 2 is 1.73 bits per heavy atom. The Hall–Kier alpha value is -2.89. The van der Waals surface area contributed by atoms with Crippen LogP contribution in [0.4, 0.5) is 9.18 Å². The topological polar surface area (TPSA) is 75.6 Å². The minimum Gasteiger partial charge on any atom is -0.479 e. The van der Waals surface area contributed by atoms with E-state index in [2.05, 4.69) is 5.32 Å². The molecule has 0 heterocycles. The molecule has 6 heteroatoms. The second-order valence-corrected chi connectivity index (χ2v) is 4.53. The van der Waals surface area contributed by atoms with E-state index in [4.69, 9.17) is 9.84 Å². The van der Waals surface area contributed by atoms with Gasteiger partial charge in [0.05, 0.1) is 0 Å². The summed E-state index contributed by atoms with van der Waals surface area (Å²) < 4.78 is 17.8. The predicted octanol–water partition coefficient (Wildman–Crippen LogP) is 2.88. The lowest BCUT2D eigenvalue weighted by molar-refractivity contribution is -0.139. The SMILES string of the molecule is O=C(NC(C(=O)O)c1ccc(F)cc1)OCc1ccccc1. The van der Waals surface area contributed by atoms with Crippen molar-refractivity contribution in [2.45, 2.75) is 12.6 Å². The smallest absolute Gasteiger partial charge is 0.408 e. The number of ether oxygens (including phenoxy) is 1. The summed E-state index contributed by atoms with van der Waals surface area (Å²) in [6.45, 7) is 0.0302. The normalized spacial score (nSPS) is 11.5. The van der Waals surface area contributed by atoms with Crippen LogP contribution < -0.4 is 5.32 Å².